The number of carbonyl (C=O) groups excluding carboxylic acids is 2. The third-order valence-corrected chi connectivity index (χ3v) is 5.54. The fourth-order valence-corrected chi connectivity index (χ4v) is 3.73. The van der Waals surface area contributed by atoms with Crippen LogP contribution >= 0.6 is 0 Å². The van der Waals surface area contributed by atoms with E-state index in [0.29, 0.717) is 24.6 Å². The van der Waals surface area contributed by atoms with Crippen LogP contribution in [0.5, 0.6) is 0 Å². The summed E-state index contributed by atoms with van der Waals surface area (Å²) in [5, 5.41) is 3.02. The Hall–Kier alpha value is -1.82. The predicted octanol–water partition coefficient (Wildman–Crippen LogP) is 1.96. The van der Waals surface area contributed by atoms with Crippen molar-refractivity contribution in [2.45, 2.75) is 50.2 Å². The van der Waals surface area contributed by atoms with Gasteiger partial charge in [-0.25, -0.2) is 0 Å². The van der Waals surface area contributed by atoms with Gasteiger partial charge in [0.1, 0.15) is 12.4 Å². The number of likely N-dealkylation sites (tertiary alicyclic amines) is 1. The lowest BCUT2D eigenvalue weighted by atomic mass is 9.88. The molecule has 1 aromatic heterocycles. The van der Waals surface area contributed by atoms with Crippen molar-refractivity contribution >= 4 is 11.8 Å². The number of nitrogens with one attached hydrogen (secondary N) is 1. The number of amides is 2. The zero-order valence-corrected chi connectivity index (χ0v) is 13.8. The molecule has 0 bridgehead atoms. The van der Waals surface area contributed by atoms with Crippen molar-refractivity contribution in [3.05, 3.63) is 24.2 Å². The summed E-state index contributed by atoms with van der Waals surface area (Å²) in [5.74, 6) is 0.729. The lowest BCUT2D eigenvalue weighted by Crippen LogP contribution is -2.47. The Bertz CT molecular complexity index is 601. The first-order valence-corrected chi connectivity index (χ1v) is 8.92. The van der Waals surface area contributed by atoms with Crippen molar-refractivity contribution in [3.63, 3.8) is 0 Å². The summed E-state index contributed by atoms with van der Waals surface area (Å²) in [6.45, 7) is 2.12. The van der Waals surface area contributed by atoms with E-state index in [9.17, 15) is 9.59 Å². The normalized spacial score (nSPS) is 25.8. The minimum Gasteiger partial charge on any atom is -0.472 e. The summed E-state index contributed by atoms with van der Waals surface area (Å²) in [7, 11) is 0. The maximum absolute atomic E-state index is 12.4. The summed E-state index contributed by atoms with van der Waals surface area (Å²) in [5.41, 5.74) is 0.366. The molecule has 3 aliphatic rings. The number of nitrogens with zero attached hydrogens (tertiary/aromatic N) is 1. The van der Waals surface area contributed by atoms with E-state index in [1.807, 2.05) is 4.90 Å². The molecule has 6 nitrogen and oxygen atoms in total. The average Bonchev–Trinajstić information content (AvgIpc) is 3.09. The molecule has 1 spiro atoms. The molecule has 2 aliphatic heterocycles. The van der Waals surface area contributed by atoms with E-state index in [1.165, 1.54) is 25.4 Å². The molecule has 6 heteroatoms. The van der Waals surface area contributed by atoms with Crippen LogP contribution in [0.4, 0.5) is 0 Å². The molecule has 4 rings (SSSR count). The zero-order valence-electron chi connectivity index (χ0n) is 13.8. The second-order valence-electron chi connectivity index (χ2n) is 7.32. The Balaban J connectivity index is 1.29. The highest BCUT2D eigenvalue weighted by Gasteiger charge is 2.45. The van der Waals surface area contributed by atoms with Gasteiger partial charge in [-0.1, -0.05) is 0 Å². The van der Waals surface area contributed by atoms with Crippen molar-refractivity contribution in [1.82, 2.24) is 10.2 Å². The van der Waals surface area contributed by atoms with Crippen molar-refractivity contribution < 1.29 is 18.7 Å². The quantitative estimate of drug-likeness (QED) is 0.915. The lowest BCUT2D eigenvalue weighted by molar-refractivity contribution is -0.140. The van der Waals surface area contributed by atoms with Gasteiger partial charge in [-0.2, -0.15) is 0 Å². The molecule has 3 fully saturated rings. The number of hydrogen-bond donors (Lipinski definition) is 1. The van der Waals surface area contributed by atoms with Crippen molar-refractivity contribution in [2.24, 2.45) is 5.92 Å². The molecular weight excluding hydrogens is 308 g/mol. The van der Waals surface area contributed by atoms with Gasteiger partial charge in [0.05, 0.1) is 17.4 Å². The minimum absolute atomic E-state index is 0.00956. The van der Waals surface area contributed by atoms with E-state index in [2.05, 4.69) is 5.32 Å². The maximum Gasteiger partial charge on any atom is 0.257 e. The molecule has 2 saturated heterocycles. The van der Waals surface area contributed by atoms with Crippen LogP contribution in [0.3, 0.4) is 0 Å². The number of ether oxygens (including phenoxy) is 1. The van der Waals surface area contributed by atoms with Crippen LogP contribution in [-0.4, -0.2) is 48.1 Å². The van der Waals surface area contributed by atoms with Crippen LogP contribution < -0.4 is 5.32 Å². The van der Waals surface area contributed by atoms with Gasteiger partial charge in [-0.3, -0.25) is 9.59 Å². The molecular formula is C18H24N2O4. The van der Waals surface area contributed by atoms with Gasteiger partial charge < -0.3 is 19.4 Å². The van der Waals surface area contributed by atoms with E-state index in [1.54, 1.807) is 6.07 Å². The Labute approximate surface area is 141 Å². The van der Waals surface area contributed by atoms with Gasteiger partial charge in [0.15, 0.2) is 0 Å². The molecule has 2 amide bonds. The molecule has 1 aromatic rings. The molecule has 0 aromatic carbocycles. The Morgan fingerprint density at radius 1 is 1.21 bits per heavy atom. The zero-order chi connectivity index (χ0) is 16.6. The van der Waals surface area contributed by atoms with Crippen LogP contribution in [0.25, 0.3) is 0 Å². The first kappa shape index (κ1) is 15.7. The van der Waals surface area contributed by atoms with E-state index < -0.39 is 0 Å². The standard InChI is InChI=1S/C18H24N2O4/c21-16(19-11-13-1-2-13)15-3-5-18(24-15)6-8-20(9-7-18)17(22)14-4-10-23-12-14/h4,10,12-13,15H,1-3,5-9,11H2,(H,19,21)/t15-/m1/s1. The molecule has 0 radical (unpaired) electrons. The first-order valence-electron chi connectivity index (χ1n) is 8.92. The van der Waals surface area contributed by atoms with E-state index >= 15 is 0 Å². The number of carbonyl (C=O) groups is 2. The highest BCUT2D eigenvalue weighted by atomic mass is 16.5. The summed E-state index contributed by atoms with van der Waals surface area (Å²) >= 11 is 0. The minimum atomic E-state index is -0.320. The Morgan fingerprint density at radius 2 is 2.00 bits per heavy atom. The Morgan fingerprint density at radius 3 is 2.67 bits per heavy atom. The van der Waals surface area contributed by atoms with Gasteiger partial charge in [-0.15, -0.1) is 0 Å². The number of rotatable bonds is 4. The lowest BCUT2D eigenvalue weighted by Gasteiger charge is -2.38. The van der Waals surface area contributed by atoms with Gasteiger partial charge in [0.2, 0.25) is 5.91 Å². The largest absolute Gasteiger partial charge is 0.472 e. The molecule has 130 valence electrons. The summed E-state index contributed by atoms with van der Waals surface area (Å²) in [6.07, 6.45) is 8.43. The fourth-order valence-electron chi connectivity index (χ4n) is 3.73. The van der Waals surface area contributed by atoms with Gasteiger partial charge in [0, 0.05) is 19.6 Å². The van der Waals surface area contributed by atoms with Crippen LogP contribution in [0.1, 0.15) is 48.9 Å². The molecule has 1 saturated carbocycles. The summed E-state index contributed by atoms with van der Waals surface area (Å²) < 4.78 is 11.1. The van der Waals surface area contributed by atoms with E-state index in [0.717, 1.165) is 32.2 Å². The SMILES string of the molecule is O=C(NCC1CC1)[C@H]1CCC2(CCN(C(=O)c3ccoc3)CC2)O1. The predicted molar refractivity (Wildman–Crippen MR) is 86.4 cm³/mol. The van der Waals surface area contributed by atoms with Gasteiger partial charge in [0.25, 0.3) is 5.91 Å². The molecule has 24 heavy (non-hydrogen) atoms. The molecule has 1 aliphatic carbocycles. The molecule has 3 heterocycles. The maximum atomic E-state index is 12.4. The second-order valence-corrected chi connectivity index (χ2v) is 7.32. The monoisotopic (exact) mass is 332 g/mol. The van der Waals surface area contributed by atoms with E-state index in [4.69, 9.17) is 9.15 Å². The van der Waals surface area contributed by atoms with Crippen molar-refractivity contribution in [2.75, 3.05) is 19.6 Å². The summed E-state index contributed by atoms with van der Waals surface area (Å²) in [6, 6.07) is 1.69. The van der Waals surface area contributed by atoms with Crippen LogP contribution in [-0.2, 0) is 9.53 Å². The summed E-state index contributed by atoms with van der Waals surface area (Å²) in [4.78, 5) is 26.4. The number of piperidine rings is 1. The molecule has 0 unspecified atom stereocenters. The number of furan rings is 1. The molecule has 1 atom stereocenters. The van der Waals surface area contributed by atoms with Crippen molar-refractivity contribution in [3.8, 4) is 0 Å². The van der Waals surface area contributed by atoms with Crippen LogP contribution in [0.15, 0.2) is 23.0 Å². The highest BCUT2D eigenvalue weighted by Crippen LogP contribution is 2.39. The van der Waals surface area contributed by atoms with E-state index in [-0.39, 0.29) is 23.5 Å². The Kier molecular flexibility index (Phi) is 4.08. The second kappa shape index (κ2) is 6.24. The van der Waals surface area contributed by atoms with Gasteiger partial charge in [-0.05, 0) is 50.5 Å². The first-order chi connectivity index (χ1) is 11.7. The number of hydrogen-bond acceptors (Lipinski definition) is 4. The average molecular weight is 332 g/mol. The van der Waals surface area contributed by atoms with Crippen LogP contribution in [0.2, 0.25) is 0 Å². The fraction of sp³-hybridized carbons (Fsp3) is 0.667. The van der Waals surface area contributed by atoms with Crippen LogP contribution in [0, 0.1) is 5.92 Å². The van der Waals surface area contributed by atoms with Gasteiger partial charge >= 0.3 is 0 Å². The van der Waals surface area contributed by atoms with Crippen molar-refractivity contribution in [1.29, 1.82) is 0 Å². The smallest absolute Gasteiger partial charge is 0.257 e. The highest BCUT2D eigenvalue weighted by molar-refractivity contribution is 5.93. The molecule has 1 N–H and O–H groups in total. The third-order valence-electron chi connectivity index (χ3n) is 5.54. The topological polar surface area (TPSA) is 71.8 Å². The third kappa shape index (κ3) is 3.20.